The van der Waals surface area contributed by atoms with Crippen LogP contribution in [-0.2, 0) is 5.41 Å². The van der Waals surface area contributed by atoms with Crippen LogP contribution in [0.15, 0.2) is 211 Å². The SMILES string of the molecule is C=Cc1c(/C=C\C)[pH]c2c(-c3ccc(C)cc3)cccc12.Cc1ccc(-c2ccc3c(c2)c2ccccc2n3-c2ccccc2)c2oc3ccccc3c12.Cc1ccc2c(c1)C(C)(C)c1ccccc1-2. The summed E-state index contributed by atoms with van der Waals surface area (Å²) in [5.74, 6) is 0. The zero-order chi connectivity index (χ0) is 48.1. The van der Waals surface area contributed by atoms with Gasteiger partial charge in [-0.1, -0.05) is 208 Å². The van der Waals surface area contributed by atoms with Crippen LogP contribution in [0.5, 0.6) is 0 Å². The number of furan rings is 1. The van der Waals surface area contributed by atoms with Gasteiger partial charge in [0.2, 0.25) is 0 Å². The Labute approximate surface area is 413 Å². The van der Waals surface area contributed by atoms with Gasteiger partial charge in [0.25, 0.3) is 0 Å². The summed E-state index contributed by atoms with van der Waals surface area (Å²) in [6.07, 6.45) is 6.32. The fourth-order valence-corrected chi connectivity index (χ4v) is 12.4. The molecule has 3 heterocycles. The van der Waals surface area contributed by atoms with E-state index in [1.165, 1.54) is 115 Å². The number of nitrogens with zero attached hydrogens (tertiary/aromatic N) is 1. The third-order valence-corrected chi connectivity index (χ3v) is 15.8. The highest BCUT2D eigenvalue weighted by Crippen LogP contribution is 2.49. The maximum atomic E-state index is 6.39. The summed E-state index contributed by atoms with van der Waals surface area (Å²) in [5.41, 5.74) is 21.5. The number of aryl methyl sites for hydroxylation is 3. The first-order valence-electron chi connectivity index (χ1n) is 24.3. The second-order valence-corrected chi connectivity index (χ2v) is 20.4. The van der Waals surface area contributed by atoms with Gasteiger partial charge >= 0.3 is 0 Å². The number of benzene rings is 9. The second kappa shape index (κ2) is 18.2. The van der Waals surface area contributed by atoms with E-state index in [9.17, 15) is 0 Å². The van der Waals surface area contributed by atoms with Crippen molar-refractivity contribution in [3.63, 3.8) is 0 Å². The molecule has 0 aliphatic heterocycles. The van der Waals surface area contributed by atoms with Crippen molar-refractivity contribution >= 4 is 74.6 Å². The third kappa shape index (κ3) is 7.70. The average Bonchev–Trinajstić information content (AvgIpc) is 4.12. The summed E-state index contributed by atoms with van der Waals surface area (Å²) in [7, 11) is 0.708. The lowest BCUT2D eigenvalue weighted by Crippen LogP contribution is -2.14. The van der Waals surface area contributed by atoms with Crippen LogP contribution in [0.3, 0.4) is 0 Å². The van der Waals surface area contributed by atoms with Gasteiger partial charge in [0.1, 0.15) is 11.2 Å². The Hall–Kier alpha value is -7.90. The normalized spacial score (nSPS) is 12.7. The van der Waals surface area contributed by atoms with E-state index in [0.29, 0.717) is 8.19 Å². The van der Waals surface area contributed by atoms with Crippen LogP contribution < -0.4 is 0 Å². The minimum absolute atomic E-state index is 0.151. The first-order valence-corrected chi connectivity index (χ1v) is 25.3. The second-order valence-electron chi connectivity index (χ2n) is 19.1. The van der Waals surface area contributed by atoms with Gasteiger partial charge < -0.3 is 8.98 Å². The number of hydrogen-bond donors (Lipinski definition) is 0. The number of para-hydroxylation sites is 3. The molecule has 12 aromatic rings. The molecule has 13 rings (SSSR count). The summed E-state index contributed by atoms with van der Waals surface area (Å²) < 4.78 is 8.74. The molecule has 1 atom stereocenters. The van der Waals surface area contributed by atoms with E-state index in [1.807, 2.05) is 12.1 Å². The van der Waals surface area contributed by atoms with Gasteiger partial charge in [-0.05, 0) is 125 Å². The molecule has 0 spiro atoms. The first kappa shape index (κ1) is 44.6. The summed E-state index contributed by atoms with van der Waals surface area (Å²) in [6.45, 7) is 17.2. The maximum Gasteiger partial charge on any atom is 0.143 e. The lowest BCUT2D eigenvalue weighted by Gasteiger charge is -2.21. The van der Waals surface area contributed by atoms with Crippen LogP contribution in [0.2, 0.25) is 0 Å². The quantitative estimate of drug-likeness (QED) is 0.168. The molecule has 0 amide bonds. The van der Waals surface area contributed by atoms with Crippen LogP contribution in [0.4, 0.5) is 0 Å². The van der Waals surface area contributed by atoms with Crippen molar-refractivity contribution in [3.05, 3.63) is 245 Å². The molecule has 0 saturated carbocycles. The molecule has 340 valence electrons. The summed E-state index contributed by atoms with van der Waals surface area (Å²) in [4.78, 5) is 0. The van der Waals surface area contributed by atoms with Gasteiger partial charge in [-0.25, -0.2) is 0 Å². The monoisotopic (exact) mass is 921 g/mol. The fraction of sp³-hybridized carbons (Fsp3) is 0.104. The van der Waals surface area contributed by atoms with E-state index in [1.54, 1.807) is 0 Å². The van der Waals surface area contributed by atoms with Crippen molar-refractivity contribution in [2.75, 3.05) is 0 Å². The molecule has 2 nitrogen and oxygen atoms in total. The molecule has 9 aromatic carbocycles. The van der Waals surface area contributed by atoms with Crippen molar-refractivity contribution in [2.45, 2.75) is 47.0 Å². The summed E-state index contributed by atoms with van der Waals surface area (Å²) in [5, 5.41) is 9.06. The van der Waals surface area contributed by atoms with E-state index in [4.69, 9.17) is 4.42 Å². The van der Waals surface area contributed by atoms with Crippen LogP contribution >= 0.6 is 8.19 Å². The lowest BCUT2D eigenvalue weighted by molar-refractivity contribution is 0.660. The molecular weight excluding hydrogens is 866 g/mol. The van der Waals surface area contributed by atoms with Crippen LogP contribution in [0, 0.1) is 20.8 Å². The predicted octanol–water partition coefficient (Wildman–Crippen LogP) is 19.5. The Morgan fingerprint density at radius 2 is 1.17 bits per heavy atom. The molecule has 0 bridgehead atoms. The van der Waals surface area contributed by atoms with Crippen LogP contribution in [-0.4, -0.2) is 4.57 Å². The molecule has 1 unspecified atom stereocenters. The third-order valence-electron chi connectivity index (χ3n) is 14.3. The Kier molecular flexibility index (Phi) is 11.6. The first-order chi connectivity index (χ1) is 34.1. The van der Waals surface area contributed by atoms with E-state index in [-0.39, 0.29) is 5.41 Å². The molecule has 3 aromatic heterocycles. The van der Waals surface area contributed by atoms with Crippen molar-refractivity contribution in [1.82, 2.24) is 4.57 Å². The Morgan fingerprint density at radius 3 is 1.97 bits per heavy atom. The van der Waals surface area contributed by atoms with Gasteiger partial charge in [0.05, 0.1) is 11.0 Å². The van der Waals surface area contributed by atoms with E-state index >= 15 is 0 Å². The minimum atomic E-state index is 0.151. The van der Waals surface area contributed by atoms with E-state index in [2.05, 4.69) is 253 Å². The highest BCUT2D eigenvalue weighted by Gasteiger charge is 2.34. The minimum Gasteiger partial charge on any atom is -0.455 e. The number of rotatable bonds is 5. The van der Waals surface area contributed by atoms with Crippen LogP contribution in [0.1, 0.15) is 59.4 Å². The highest BCUT2D eigenvalue weighted by molar-refractivity contribution is 7.39. The molecule has 1 aliphatic carbocycles. The summed E-state index contributed by atoms with van der Waals surface area (Å²) in [6, 6.07) is 69.7. The number of fused-ring (bicyclic) bond motifs is 10. The van der Waals surface area contributed by atoms with E-state index < -0.39 is 0 Å². The van der Waals surface area contributed by atoms with Gasteiger partial charge in [-0.3, -0.25) is 0 Å². The molecule has 3 heteroatoms. The van der Waals surface area contributed by atoms with Crippen molar-refractivity contribution in [1.29, 1.82) is 0 Å². The zero-order valence-electron chi connectivity index (χ0n) is 40.8. The predicted molar refractivity (Wildman–Crippen MR) is 305 cm³/mol. The smallest absolute Gasteiger partial charge is 0.143 e. The van der Waals surface area contributed by atoms with Crippen molar-refractivity contribution in [3.8, 4) is 39.1 Å². The molecule has 0 fully saturated rings. The zero-order valence-corrected chi connectivity index (χ0v) is 41.8. The fourth-order valence-electron chi connectivity index (χ4n) is 10.8. The number of hydrogen-bond acceptors (Lipinski definition) is 1. The van der Waals surface area contributed by atoms with Gasteiger partial charge in [0.15, 0.2) is 0 Å². The molecule has 70 heavy (non-hydrogen) atoms. The highest BCUT2D eigenvalue weighted by atomic mass is 31.0. The van der Waals surface area contributed by atoms with E-state index in [0.717, 1.165) is 16.7 Å². The average molecular weight is 922 g/mol. The van der Waals surface area contributed by atoms with Crippen LogP contribution in [0.25, 0.3) is 105 Å². The van der Waals surface area contributed by atoms with Crippen molar-refractivity contribution in [2.24, 2.45) is 0 Å². The Bertz CT molecular complexity index is 3970. The largest absolute Gasteiger partial charge is 0.455 e. The van der Waals surface area contributed by atoms with Gasteiger partial charge in [0, 0.05) is 43.3 Å². The Balaban J connectivity index is 0.000000124. The van der Waals surface area contributed by atoms with Gasteiger partial charge in [-0.15, -0.1) is 8.19 Å². The molecule has 0 radical (unpaired) electrons. The Morgan fingerprint density at radius 1 is 0.529 bits per heavy atom. The standard InChI is InChI=1S/C31H21NO.C20H19P.C16H16/c1-20-15-17-23(31-30(20)25-12-6-8-14-29(25)33-31)21-16-18-28-26(19-21)24-11-5-7-13-27(24)32(28)22-9-3-2-4-10-22;1-4-7-19-16(5-2)18-9-6-8-17(20(18)21-19)15-12-10-14(3)11-13-15;1-11-8-9-13-12-6-4-5-7-14(12)16(2,3)15(13)10-11/h2-19H,1H3;4-13,21H,2H2,1,3H3;4-10H,1-3H3/b;7-4-;. The number of aromatic nitrogens is 1. The molecule has 1 aliphatic rings. The topological polar surface area (TPSA) is 18.1 Å². The lowest BCUT2D eigenvalue weighted by atomic mass is 9.82. The van der Waals surface area contributed by atoms with Crippen molar-refractivity contribution < 1.29 is 4.42 Å². The van der Waals surface area contributed by atoms with Gasteiger partial charge in [-0.2, -0.15) is 0 Å². The summed E-state index contributed by atoms with van der Waals surface area (Å²) >= 11 is 0. The molecule has 0 saturated heterocycles. The number of allylic oxidation sites excluding steroid dienone is 1. The molecular formula is C67H56NOP. The maximum absolute atomic E-state index is 6.39. The molecule has 0 N–H and O–H groups in total.